The van der Waals surface area contributed by atoms with E-state index in [1.54, 1.807) is 11.3 Å². The second-order valence-corrected chi connectivity index (χ2v) is 6.89. The fourth-order valence-corrected chi connectivity index (χ4v) is 3.48. The first-order chi connectivity index (χ1) is 10.1. The Kier molecular flexibility index (Phi) is 8.63. The van der Waals surface area contributed by atoms with Gasteiger partial charge in [0.1, 0.15) is 5.01 Å². The molecule has 1 atom stereocenters. The smallest absolute Gasteiger partial charge is 0.191 e. The maximum atomic E-state index is 4.54. The third-order valence-electron chi connectivity index (χ3n) is 4.08. The summed E-state index contributed by atoms with van der Waals surface area (Å²) < 4.78 is 0. The van der Waals surface area contributed by atoms with Gasteiger partial charge in [-0.05, 0) is 39.3 Å². The topological polar surface area (TPSA) is 52.5 Å². The fraction of sp³-hybridized carbons (Fsp3) is 0.733. The number of nitrogens with one attached hydrogen (secondary N) is 2. The summed E-state index contributed by atoms with van der Waals surface area (Å²) in [5.41, 5.74) is 1.13. The lowest BCUT2D eigenvalue weighted by atomic mass is 10.1. The highest BCUT2D eigenvalue weighted by Crippen LogP contribution is 2.16. The molecule has 0 spiro atoms. The number of likely N-dealkylation sites (tertiary alicyclic amines) is 1. The third kappa shape index (κ3) is 5.66. The van der Waals surface area contributed by atoms with E-state index in [9.17, 15) is 0 Å². The van der Waals surface area contributed by atoms with Gasteiger partial charge in [0, 0.05) is 25.0 Å². The lowest BCUT2D eigenvalue weighted by Crippen LogP contribution is -2.39. The van der Waals surface area contributed by atoms with Crippen LogP contribution in [-0.4, -0.2) is 49.1 Å². The predicted octanol–water partition coefficient (Wildman–Crippen LogP) is 2.38. The number of aromatic nitrogens is 1. The van der Waals surface area contributed by atoms with Crippen molar-refractivity contribution in [3.05, 3.63) is 15.6 Å². The Balaban J connectivity index is 0.00000242. The summed E-state index contributed by atoms with van der Waals surface area (Å²) in [6.45, 7) is 11.7. The minimum Gasteiger partial charge on any atom is -0.356 e. The molecule has 1 fully saturated rings. The highest BCUT2D eigenvalue weighted by molar-refractivity contribution is 14.0. The number of nitrogens with zero attached hydrogens (tertiary/aromatic N) is 3. The first-order valence-electron chi connectivity index (χ1n) is 7.72. The van der Waals surface area contributed by atoms with Gasteiger partial charge in [0.25, 0.3) is 0 Å². The lowest BCUT2D eigenvalue weighted by molar-refractivity contribution is 0.342. The largest absolute Gasteiger partial charge is 0.356 e. The van der Waals surface area contributed by atoms with E-state index in [0.29, 0.717) is 0 Å². The molecule has 22 heavy (non-hydrogen) atoms. The molecule has 0 amide bonds. The molecule has 0 aliphatic carbocycles. The standard InChI is InChI=1S/C15H27N5S.HI/c1-5-20-7-6-13(10-20)8-17-15(16-4)18-9-14-19-11(2)12(3)21-14;/h13H,5-10H2,1-4H3,(H2,16,17,18);1H. The summed E-state index contributed by atoms with van der Waals surface area (Å²) in [7, 11) is 1.82. The van der Waals surface area contributed by atoms with E-state index in [2.05, 4.69) is 46.3 Å². The lowest BCUT2D eigenvalue weighted by Gasteiger charge is -2.16. The molecule has 126 valence electrons. The first kappa shape index (κ1) is 19.6. The van der Waals surface area contributed by atoms with Gasteiger partial charge in [0.2, 0.25) is 0 Å². The van der Waals surface area contributed by atoms with Crippen LogP contribution in [0.25, 0.3) is 0 Å². The zero-order valence-electron chi connectivity index (χ0n) is 14.0. The Labute approximate surface area is 155 Å². The second kappa shape index (κ2) is 9.67. The molecule has 1 unspecified atom stereocenters. The number of aliphatic imine (C=N–C) groups is 1. The Morgan fingerprint density at radius 3 is 2.73 bits per heavy atom. The van der Waals surface area contributed by atoms with Crippen molar-refractivity contribution in [2.45, 2.75) is 33.7 Å². The van der Waals surface area contributed by atoms with Crippen molar-refractivity contribution in [3.63, 3.8) is 0 Å². The van der Waals surface area contributed by atoms with Crippen LogP contribution in [0.15, 0.2) is 4.99 Å². The molecule has 2 N–H and O–H groups in total. The minimum atomic E-state index is 0. The molecule has 1 aliphatic heterocycles. The molecule has 0 aromatic carbocycles. The third-order valence-corrected chi connectivity index (χ3v) is 5.15. The van der Waals surface area contributed by atoms with Gasteiger partial charge < -0.3 is 15.5 Å². The number of aryl methyl sites for hydroxylation is 2. The van der Waals surface area contributed by atoms with Gasteiger partial charge in [-0.1, -0.05) is 6.92 Å². The normalized spacial score (nSPS) is 19.1. The van der Waals surface area contributed by atoms with E-state index in [-0.39, 0.29) is 24.0 Å². The molecule has 2 heterocycles. The van der Waals surface area contributed by atoms with Crippen LogP contribution in [0.2, 0.25) is 0 Å². The Morgan fingerprint density at radius 1 is 1.41 bits per heavy atom. The van der Waals surface area contributed by atoms with Crippen LogP contribution in [0.5, 0.6) is 0 Å². The van der Waals surface area contributed by atoms with E-state index in [0.717, 1.165) is 42.2 Å². The number of guanidine groups is 1. The van der Waals surface area contributed by atoms with Crippen molar-refractivity contribution in [2.75, 3.05) is 33.2 Å². The molecule has 7 heteroatoms. The quantitative estimate of drug-likeness (QED) is 0.422. The van der Waals surface area contributed by atoms with Crippen molar-refractivity contribution in [2.24, 2.45) is 10.9 Å². The summed E-state index contributed by atoms with van der Waals surface area (Å²) >= 11 is 1.75. The number of hydrogen-bond acceptors (Lipinski definition) is 4. The zero-order valence-corrected chi connectivity index (χ0v) is 17.1. The highest BCUT2D eigenvalue weighted by Gasteiger charge is 2.20. The van der Waals surface area contributed by atoms with Crippen molar-refractivity contribution in [3.8, 4) is 0 Å². The van der Waals surface area contributed by atoms with Crippen LogP contribution >= 0.6 is 35.3 Å². The van der Waals surface area contributed by atoms with Crippen molar-refractivity contribution in [1.29, 1.82) is 0 Å². The number of halogens is 1. The minimum absolute atomic E-state index is 0. The Morgan fingerprint density at radius 2 is 2.18 bits per heavy atom. The molecule has 1 saturated heterocycles. The fourth-order valence-electron chi connectivity index (χ4n) is 2.60. The zero-order chi connectivity index (χ0) is 15.2. The van der Waals surface area contributed by atoms with E-state index < -0.39 is 0 Å². The summed E-state index contributed by atoms with van der Waals surface area (Å²) in [5.74, 6) is 1.60. The van der Waals surface area contributed by atoms with Gasteiger partial charge >= 0.3 is 0 Å². The van der Waals surface area contributed by atoms with E-state index in [1.165, 1.54) is 24.4 Å². The SMILES string of the molecule is CCN1CCC(CNC(=NC)NCc2nc(C)c(C)s2)C1.I. The van der Waals surface area contributed by atoms with Crippen LogP contribution in [0.4, 0.5) is 0 Å². The number of rotatable bonds is 5. The highest BCUT2D eigenvalue weighted by atomic mass is 127. The molecular formula is C15H28IN5S. The van der Waals surface area contributed by atoms with Gasteiger partial charge in [-0.3, -0.25) is 4.99 Å². The molecule has 2 rings (SSSR count). The molecule has 0 bridgehead atoms. The second-order valence-electron chi connectivity index (χ2n) is 5.60. The van der Waals surface area contributed by atoms with Crippen LogP contribution in [0.1, 0.15) is 28.9 Å². The van der Waals surface area contributed by atoms with Crippen molar-refractivity contribution >= 4 is 41.3 Å². The molecular weight excluding hydrogens is 409 g/mol. The maximum Gasteiger partial charge on any atom is 0.191 e. The van der Waals surface area contributed by atoms with E-state index >= 15 is 0 Å². The molecule has 0 radical (unpaired) electrons. The van der Waals surface area contributed by atoms with Gasteiger partial charge in [-0.2, -0.15) is 0 Å². The van der Waals surface area contributed by atoms with Crippen LogP contribution in [0.3, 0.4) is 0 Å². The van der Waals surface area contributed by atoms with Crippen LogP contribution < -0.4 is 10.6 Å². The first-order valence-corrected chi connectivity index (χ1v) is 8.53. The van der Waals surface area contributed by atoms with Gasteiger partial charge in [0.15, 0.2) is 5.96 Å². The molecule has 1 aromatic heterocycles. The summed E-state index contributed by atoms with van der Waals surface area (Å²) in [5, 5.41) is 7.90. The van der Waals surface area contributed by atoms with Crippen LogP contribution in [-0.2, 0) is 6.54 Å². The monoisotopic (exact) mass is 437 g/mol. The number of hydrogen-bond donors (Lipinski definition) is 2. The van der Waals surface area contributed by atoms with E-state index in [4.69, 9.17) is 0 Å². The average molecular weight is 437 g/mol. The summed E-state index contributed by atoms with van der Waals surface area (Å²) in [6.07, 6.45) is 1.28. The molecule has 1 aliphatic rings. The Hall–Kier alpha value is -0.410. The maximum absolute atomic E-state index is 4.54. The molecule has 5 nitrogen and oxygen atoms in total. The summed E-state index contributed by atoms with van der Waals surface area (Å²) in [6, 6.07) is 0. The Bertz CT molecular complexity index is 469. The number of thiazole rings is 1. The predicted molar refractivity (Wildman–Crippen MR) is 105 cm³/mol. The van der Waals surface area contributed by atoms with Crippen LogP contribution in [0, 0.1) is 19.8 Å². The molecule has 0 saturated carbocycles. The van der Waals surface area contributed by atoms with Gasteiger partial charge in [-0.15, -0.1) is 35.3 Å². The van der Waals surface area contributed by atoms with Crippen molar-refractivity contribution < 1.29 is 0 Å². The van der Waals surface area contributed by atoms with Gasteiger partial charge in [0.05, 0.1) is 12.2 Å². The van der Waals surface area contributed by atoms with Crippen molar-refractivity contribution in [1.82, 2.24) is 20.5 Å². The average Bonchev–Trinajstić information content (AvgIpc) is 3.06. The van der Waals surface area contributed by atoms with Gasteiger partial charge in [-0.25, -0.2) is 4.98 Å². The summed E-state index contributed by atoms with van der Waals surface area (Å²) in [4.78, 5) is 12.6. The molecule has 1 aromatic rings. The van der Waals surface area contributed by atoms with E-state index in [1.807, 2.05) is 7.05 Å².